The average Bonchev–Trinajstić information content (AvgIpc) is 2.68. The lowest BCUT2D eigenvalue weighted by Gasteiger charge is -2.35. The third-order valence-corrected chi connectivity index (χ3v) is 4.44. The molecule has 0 aliphatic carbocycles. The Balaban J connectivity index is 1.52. The number of benzene rings is 1. The lowest BCUT2D eigenvalue weighted by molar-refractivity contribution is 0.0739. The first kappa shape index (κ1) is 18.1. The Hall–Kier alpha value is -2.67. The SMILES string of the molecule is CN(C)CCNc1ccc(C(=O)N2CCN(c3ccccc3)CC2)nn1. The number of carbonyl (C=O) groups is 1. The molecule has 1 aliphatic rings. The lowest BCUT2D eigenvalue weighted by Crippen LogP contribution is -2.49. The Morgan fingerprint density at radius 3 is 2.38 bits per heavy atom. The molecule has 2 heterocycles. The molecule has 1 aliphatic heterocycles. The van der Waals surface area contributed by atoms with E-state index in [0.29, 0.717) is 24.6 Å². The fraction of sp³-hybridized carbons (Fsp3) is 0.421. The smallest absolute Gasteiger partial charge is 0.274 e. The number of hydrogen-bond donors (Lipinski definition) is 1. The van der Waals surface area contributed by atoms with Crippen LogP contribution in [0, 0.1) is 0 Å². The molecular formula is C19H26N6O. The van der Waals surface area contributed by atoms with E-state index in [4.69, 9.17) is 0 Å². The minimum absolute atomic E-state index is 0.0509. The molecule has 0 spiro atoms. The zero-order valence-electron chi connectivity index (χ0n) is 15.4. The highest BCUT2D eigenvalue weighted by molar-refractivity contribution is 5.92. The maximum absolute atomic E-state index is 12.6. The number of para-hydroxylation sites is 1. The first-order valence-corrected chi connectivity index (χ1v) is 8.95. The molecule has 3 rings (SSSR count). The molecule has 1 aromatic heterocycles. The van der Waals surface area contributed by atoms with E-state index in [1.807, 2.05) is 43.3 Å². The van der Waals surface area contributed by atoms with Gasteiger partial charge in [0.25, 0.3) is 5.91 Å². The second-order valence-electron chi connectivity index (χ2n) is 6.65. The second-order valence-corrected chi connectivity index (χ2v) is 6.65. The van der Waals surface area contributed by atoms with Crippen LogP contribution in [-0.4, -0.2) is 79.3 Å². The molecule has 0 saturated carbocycles. The highest BCUT2D eigenvalue weighted by atomic mass is 16.2. The van der Waals surface area contributed by atoms with Gasteiger partial charge in [-0.05, 0) is 38.4 Å². The number of nitrogens with zero attached hydrogens (tertiary/aromatic N) is 5. The minimum atomic E-state index is -0.0509. The monoisotopic (exact) mass is 354 g/mol. The number of amides is 1. The van der Waals surface area contributed by atoms with Gasteiger partial charge in [0, 0.05) is 45.0 Å². The van der Waals surface area contributed by atoms with Crippen molar-refractivity contribution in [3.8, 4) is 0 Å². The first-order valence-electron chi connectivity index (χ1n) is 8.95. The van der Waals surface area contributed by atoms with Gasteiger partial charge in [-0.1, -0.05) is 18.2 Å². The summed E-state index contributed by atoms with van der Waals surface area (Å²) in [5.41, 5.74) is 1.60. The Kier molecular flexibility index (Phi) is 6.01. The molecule has 138 valence electrons. The zero-order chi connectivity index (χ0) is 18.4. The summed E-state index contributed by atoms with van der Waals surface area (Å²) in [6.45, 7) is 4.74. The third-order valence-electron chi connectivity index (χ3n) is 4.44. The standard InChI is InChI=1S/C19H26N6O/c1-23(2)11-10-20-18-9-8-17(21-22-18)19(26)25-14-12-24(13-15-25)16-6-4-3-5-7-16/h3-9H,10-15H2,1-2H3,(H,20,22). The predicted molar refractivity (Wildman–Crippen MR) is 104 cm³/mol. The van der Waals surface area contributed by atoms with Crippen molar-refractivity contribution in [3.05, 3.63) is 48.2 Å². The number of carbonyl (C=O) groups excluding carboxylic acids is 1. The van der Waals surface area contributed by atoms with Gasteiger partial charge in [-0.3, -0.25) is 4.79 Å². The van der Waals surface area contributed by atoms with E-state index in [2.05, 4.69) is 37.4 Å². The van der Waals surface area contributed by atoms with Crippen LogP contribution in [0.2, 0.25) is 0 Å². The molecule has 26 heavy (non-hydrogen) atoms. The van der Waals surface area contributed by atoms with Crippen LogP contribution >= 0.6 is 0 Å². The highest BCUT2D eigenvalue weighted by Crippen LogP contribution is 2.16. The van der Waals surface area contributed by atoms with Crippen molar-refractivity contribution in [3.63, 3.8) is 0 Å². The second kappa shape index (κ2) is 8.62. The first-order chi connectivity index (χ1) is 12.6. The van der Waals surface area contributed by atoms with Crippen molar-refractivity contribution in [1.82, 2.24) is 20.0 Å². The van der Waals surface area contributed by atoms with Gasteiger partial charge in [0.05, 0.1) is 0 Å². The number of hydrogen-bond acceptors (Lipinski definition) is 6. The molecule has 0 radical (unpaired) electrons. The number of aromatic nitrogens is 2. The summed E-state index contributed by atoms with van der Waals surface area (Å²) in [5, 5.41) is 11.4. The van der Waals surface area contributed by atoms with Crippen LogP contribution in [0.1, 0.15) is 10.5 Å². The molecule has 7 heteroatoms. The molecule has 7 nitrogen and oxygen atoms in total. The van der Waals surface area contributed by atoms with E-state index in [1.54, 1.807) is 6.07 Å². The molecule has 0 unspecified atom stereocenters. The van der Waals surface area contributed by atoms with E-state index < -0.39 is 0 Å². The summed E-state index contributed by atoms with van der Waals surface area (Å²) in [6, 6.07) is 13.9. The van der Waals surface area contributed by atoms with Gasteiger partial charge in [0.15, 0.2) is 5.69 Å². The number of rotatable bonds is 6. The van der Waals surface area contributed by atoms with E-state index >= 15 is 0 Å². The summed E-state index contributed by atoms with van der Waals surface area (Å²) in [5.74, 6) is 0.641. The molecule has 2 aromatic rings. The maximum Gasteiger partial charge on any atom is 0.274 e. The van der Waals surface area contributed by atoms with Gasteiger partial charge in [-0.15, -0.1) is 10.2 Å². The van der Waals surface area contributed by atoms with Crippen molar-refractivity contribution in [2.24, 2.45) is 0 Å². The number of likely N-dealkylation sites (N-methyl/N-ethyl adjacent to an activating group) is 1. The van der Waals surface area contributed by atoms with Crippen LogP contribution in [0.4, 0.5) is 11.5 Å². The summed E-state index contributed by atoms with van der Waals surface area (Å²) in [4.78, 5) is 18.9. The summed E-state index contributed by atoms with van der Waals surface area (Å²) in [6.07, 6.45) is 0. The molecule has 1 fully saturated rings. The number of anilines is 2. The Bertz CT molecular complexity index is 696. The van der Waals surface area contributed by atoms with Gasteiger partial charge < -0.3 is 20.0 Å². The molecule has 0 bridgehead atoms. The van der Waals surface area contributed by atoms with Gasteiger partial charge in [-0.25, -0.2) is 0 Å². The maximum atomic E-state index is 12.6. The summed E-state index contributed by atoms with van der Waals surface area (Å²) >= 11 is 0. The minimum Gasteiger partial charge on any atom is -0.368 e. The van der Waals surface area contributed by atoms with Gasteiger partial charge >= 0.3 is 0 Å². The van der Waals surface area contributed by atoms with Crippen molar-refractivity contribution >= 4 is 17.4 Å². The number of piperazine rings is 1. The van der Waals surface area contributed by atoms with Gasteiger partial charge in [0.2, 0.25) is 0 Å². The topological polar surface area (TPSA) is 64.6 Å². The average molecular weight is 354 g/mol. The fourth-order valence-electron chi connectivity index (χ4n) is 2.92. The quantitative estimate of drug-likeness (QED) is 0.846. The number of nitrogens with one attached hydrogen (secondary N) is 1. The van der Waals surface area contributed by atoms with E-state index in [9.17, 15) is 4.79 Å². The molecular weight excluding hydrogens is 328 g/mol. The van der Waals surface area contributed by atoms with E-state index in [0.717, 1.165) is 26.2 Å². The van der Waals surface area contributed by atoms with Crippen molar-refractivity contribution in [2.75, 3.05) is 63.6 Å². The van der Waals surface area contributed by atoms with Crippen molar-refractivity contribution < 1.29 is 4.79 Å². The predicted octanol–water partition coefficient (Wildman–Crippen LogP) is 1.41. The van der Waals surface area contributed by atoms with E-state index in [-0.39, 0.29) is 5.91 Å². The normalized spacial score (nSPS) is 14.6. The fourth-order valence-corrected chi connectivity index (χ4v) is 2.92. The van der Waals surface area contributed by atoms with Gasteiger partial charge in [0.1, 0.15) is 5.82 Å². The molecule has 1 amide bonds. The largest absolute Gasteiger partial charge is 0.368 e. The Morgan fingerprint density at radius 1 is 1.04 bits per heavy atom. The van der Waals surface area contributed by atoms with Crippen molar-refractivity contribution in [1.29, 1.82) is 0 Å². The Morgan fingerprint density at radius 2 is 1.77 bits per heavy atom. The van der Waals surface area contributed by atoms with Crippen LogP contribution in [0.3, 0.4) is 0 Å². The van der Waals surface area contributed by atoms with Gasteiger partial charge in [-0.2, -0.15) is 0 Å². The van der Waals surface area contributed by atoms with Crippen LogP contribution in [0.15, 0.2) is 42.5 Å². The van der Waals surface area contributed by atoms with Crippen LogP contribution < -0.4 is 10.2 Å². The molecule has 0 atom stereocenters. The van der Waals surface area contributed by atoms with Crippen LogP contribution in [-0.2, 0) is 0 Å². The molecule has 1 saturated heterocycles. The lowest BCUT2D eigenvalue weighted by atomic mass is 10.2. The zero-order valence-corrected chi connectivity index (χ0v) is 15.4. The molecule has 1 N–H and O–H groups in total. The summed E-state index contributed by atoms with van der Waals surface area (Å²) in [7, 11) is 4.04. The highest BCUT2D eigenvalue weighted by Gasteiger charge is 2.23. The Labute approximate surface area is 154 Å². The van der Waals surface area contributed by atoms with Crippen LogP contribution in [0.5, 0.6) is 0 Å². The van der Waals surface area contributed by atoms with Crippen molar-refractivity contribution in [2.45, 2.75) is 0 Å². The third kappa shape index (κ3) is 4.70. The summed E-state index contributed by atoms with van der Waals surface area (Å²) < 4.78 is 0. The van der Waals surface area contributed by atoms with E-state index in [1.165, 1.54) is 5.69 Å². The molecule has 1 aromatic carbocycles. The van der Waals surface area contributed by atoms with Crippen LogP contribution in [0.25, 0.3) is 0 Å².